The molecule has 1 saturated carbocycles. The summed E-state index contributed by atoms with van der Waals surface area (Å²) in [7, 11) is 0. The lowest BCUT2D eigenvalue weighted by molar-refractivity contribution is -0.122. The van der Waals surface area contributed by atoms with Crippen LogP contribution in [0, 0.1) is 6.92 Å². The van der Waals surface area contributed by atoms with Crippen molar-refractivity contribution in [3.05, 3.63) is 29.3 Å². The Balaban J connectivity index is 1.87. The minimum atomic E-state index is -0.616. The molecule has 1 aromatic rings. The Morgan fingerprint density at radius 2 is 2.11 bits per heavy atom. The van der Waals surface area contributed by atoms with Gasteiger partial charge in [0, 0.05) is 6.04 Å². The van der Waals surface area contributed by atoms with Gasteiger partial charge >= 0.3 is 0 Å². The molecule has 1 aliphatic heterocycles. The van der Waals surface area contributed by atoms with Crippen LogP contribution < -0.4 is 10.2 Å². The van der Waals surface area contributed by atoms with Gasteiger partial charge in [0.2, 0.25) is 5.91 Å². The molecule has 0 bridgehead atoms. The number of fused-ring (bicyclic) bond motifs is 1. The fraction of sp³-hybridized carbons (Fsp3) is 0.357. The summed E-state index contributed by atoms with van der Waals surface area (Å²) in [5, 5.41) is 2.82. The number of benzene rings is 1. The zero-order valence-electron chi connectivity index (χ0n) is 10.6. The number of Topliss-reactive ketones (excluding diaryl/α,β-unsaturated/α-hetero) is 1. The summed E-state index contributed by atoms with van der Waals surface area (Å²) in [4.78, 5) is 36.9. The van der Waals surface area contributed by atoms with Gasteiger partial charge in [-0.2, -0.15) is 0 Å². The number of para-hydroxylation sites is 1. The molecule has 0 spiro atoms. The normalized spacial score (nSPS) is 17.6. The molecule has 0 atom stereocenters. The molecule has 5 heteroatoms. The minimum absolute atomic E-state index is 0.0844. The lowest BCUT2D eigenvalue weighted by Gasteiger charge is -2.17. The third-order valence-corrected chi connectivity index (χ3v) is 3.44. The second-order valence-electron chi connectivity index (χ2n) is 5.03. The zero-order chi connectivity index (χ0) is 13.6. The van der Waals surface area contributed by atoms with Gasteiger partial charge in [-0.3, -0.25) is 19.3 Å². The van der Waals surface area contributed by atoms with E-state index in [-0.39, 0.29) is 18.5 Å². The molecule has 0 unspecified atom stereocenters. The van der Waals surface area contributed by atoms with E-state index in [4.69, 9.17) is 0 Å². The molecule has 1 aliphatic carbocycles. The number of aryl methyl sites for hydroxylation is 1. The summed E-state index contributed by atoms with van der Waals surface area (Å²) < 4.78 is 0. The van der Waals surface area contributed by atoms with Crippen LogP contribution in [0.1, 0.15) is 28.8 Å². The van der Waals surface area contributed by atoms with Gasteiger partial charge in [-0.1, -0.05) is 12.1 Å². The Kier molecular flexibility index (Phi) is 2.62. The number of hydrogen-bond acceptors (Lipinski definition) is 3. The molecule has 1 fully saturated rings. The van der Waals surface area contributed by atoms with Crippen LogP contribution in [0.25, 0.3) is 0 Å². The number of ketones is 1. The molecule has 19 heavy (non-hydrogen) atoms. The van der Waals surface area contributed by atoms with E-state index in [1.54, 1.807) is 12.1 Å². The molecule has 0 saturated heterocycles. The van der Waals surface area contributed by atoms with Gasteiger partial charge in [-0.15, -0.1) is 0 Å². The zero-order valence-corrected chi connectivity index (χ0v) is 10.6. The highest BCUT2D eigenvalue weighted by atomic mass is 16.2. The number of carbonyl (C=O) groups excluding carboxylic acids is 3. The summed E-state index contributed by atoms with van der Waals surface area (Å²) in [6, 6.07) is 5.45. The first-order valence-corrected chi connectivity index (χ1v) is 6.33. The van der Waals surface area contributed by atoms with Gasteiger partial charge in [0.1, 0.15) is 6.54 Å². The molecule has 3 rings (SSSR count). The van der Waals surface area contributed by atoms with E-state index in [9.17, 15) is 14.4 Å². The van der Waals surface area contributed by atoms with Crippen LogP contribution in [0.15, 0.2) is 18.2 Å². The topological polar surface area (TPSA) is 66.5 Å². The van der Waals surface area contributed by atoms with Crippen LogP contribution in [0.3, 0.4) is 0 Å². The standard InChI is InChI=1S/C14H14N2O3/c1-8-3-2-4-10-12(8)16(14(19)13(10)18)7-11(17)15-9-5-6-9/h2-4,9H,5-7H2,1H3,(H,15,17). The molecule has 1 aromatic carbocycles. The van der Waals surface area contributed by atoms with Crippen molar-refractivity contribution in [2.45, 2.75) is 25.8 Å². The highest BCUT2D eigenvalue weighted by Gasteiger charge is 2.38. The average molecular weight is 258 g/mol. The van der Waals surface area contributed by atoms with Crippen molar-refractivity contribution in [1.29, 1.82) is 0 Å². The minimum Gasteiger partial charge on any atom is -0.352 e. The summed E-state index contributed by atoms with van der Waals surface area (Å²) in [5.74, 6) is -1.35. The van der Waals surface area contributed by atoms with Crippen molar-refractivity contribution < 1.29 is 14.4 Å². The number of nitrogens with one attached hydrogen (secondary N) is 1. The predicted molar refractivity (Wildman–Crippen MR) is 69.0 cm³/mol. The molecular formula is C14H14N2O3. The van der Waals surface area contributed by atoms with E-state index in [2.05, 4.69) is 5.32 Å². The highest BCUT2D eigenvalue weighted by Crippen LogP contribution is 2.31. The SMILES string of the molecule is Cc1cccc2c1N(CC(=O)NC1CC1)C(=O)C2=O. The van der Waals surface area contributed by atoms with Gasteiger partial charge in [0.05, 0.1) is 11.3 Å². The number of rotatable bonds is 3. The molecule has 1 N–H and O–H groups in total. The van der Waals surface area contributed by atoms with Gasteiger partial charge in [-0.25, -0.2) is 0 Å². The van der Waals surface area contributed by atoms with Crippen molar-refractivity contribution >= 4 is 23.3 Å². The Labute approximate surface area is 110 Å². The van der Waals surface area contributed by atoms with E-state index >= 15 is 0 Å². The Morgan fingerprint density at radius 3 is 2.79 bits per heavy atom. The van der Waals surface area contributed by atoms with Gasteiger partial charge < -0.3 is 5.32 Å². The van der Waals surface area contributed by atoms with Crippen molar-refractivity contribution in [2.75, 3.05) is 11.4 Å². The third kappa shape index (κ3) is 2.01. The average Bonchev–Trinajstić information content (AvgIpc) is 3.14. The fourth-order valence-electron chi connectivity index (χ4n) is 2.34. The number of anilines is 1. The largest absolute Gasteiger partial charge is 0.352 e. The molecule has 98 valence electrons. The number of hydrogen-bond donors (Lipinski definition) is 1. The fourth-order valence-corrected chi connectivity index (χ4v) is 2.34. The third-order valence-electron chi connectivity index (χ3n) is 3.44. The van der Waals surface area contributed by atoms with Crippen molar-refractivity contribution in [3.8, 4) is 0 Å². The lowest BCUT2D eigenvalue weighted by atomic mass is 10.1. The predicted octanol–water partition coefficient (Wildman–Crippen LogP) is 0.803. The van der Waals surface area contributed by atoms with Gasteiger partial charge in [0.15, 0.2) is 0 Å². The second kappa shape index (κ2) is 4.19. The molecule has 0 aromatic heterocycles. The molecular weight excluding hydrogens is 244 g/mol. The Hall–Kier alpha value is -2.17. The maximum absolute atomic E-state index is 11.9. The van der Waals surface area contributed by atoms with Crippen LogP contribution in [0.2, 0.25) is 0 Å². The van der Waals surface area contributed by atoms with Crippen molar-refractivity contribution in [1.82, 2.24) is 5.32 Å². The summed E-state index contributed by atoms with van der Waals surface area (Å²) in [6.07, 6.45) is 1.99. The summed E-state index contributed by atoms with van der Waals surface area (Å²) in [5.41, 5.74) is 1.79. The van der Waals surface area contributed by atoms with E-state index < -0.39 is 11.7 Å². The van der Waals surface area contributed by atoms with Crippen LogP contribution in [-0.4, -0.2) is 30.2 Å². The van der Waals surface area contributed by atoms with Gasteiger partial charge in [-0.05, 0) is 31.4 Å². The maximum atomic E-state index is 11.9. The van der Waals surface area contributed by atoms with Crippen LogP contribution in [0.5, 0.6) is 0 Å². The molecule has 0 radical (unpaired) electrons. The van der Waals surface area contributed by atoms with Crippen LogP contribution >= 0.6 is 0 Å². The first-order chi connectivity index (χ1) is 9.08. The maximum Gasteiger partial charge on any atom is 0.299 e. The monoisotopic (exact) mass is 258 g/mol. The first kappa shape index (κ1) is 11.9. The first-order valence-electron chi connectivity index (χ1n) is 6.33. The Morgan fingerprint density at radius 1 is 1.37 bits per heavy atom. The van der Waals surface area contributed by atoms with Crippen LogP contribution in [0.4, 0.5) is 5.69 Å². The van der Waals surface area contributed by atoms with E-state index in [1.165, 1.54) is 4.90 Å². The van der Waals surface area contributed by atoms with E-state index in [0.717, 1.165) is 18.4 Å². The smallest absolute Gasteiger partial charge is 0.299 e. The van der Waals surface area contributed by atoms with Crippen LogP contribution in [-0.2, 0) is 9.59 Å². The van der Waals surface area contributed by atoms with Gasteiger partial charge in [0.25, 0.3) is 11.7 Å². The summed E-state index contributed by atoms with van der Waals surface area (Å²) >= 11 is 0. The number of carbonyl (C=O) groups is 3. The van der Waals surface area contributed by atoms with E-state index in [1.807, 2.05) is 13.0 Å². The molecule has 2 amide bonds. The highest BCUT2D eigenvalue weighted by molar-refractivity contribution is 6.52. The molecule has 1 heterocycles. The lowest BCUT2D eigenvalue weighted by Crippen LogP contribution is -2.41. The quantitative estimate of drug-likeness (QED) is 0.816. The molecule has 5 nitrogen and oxygen atoms in total. The number of nitrogens with zero attached hydrogens (tertiary/aromatic N) is 1. The van der Waals surface area contributed by atoms with Crippen molar-refractivity contribution in [2.24, 2.45) is 0 Å². The summed E-state index contributed by atoms with van der Waals surface area (Å²) in [6.45, 7) is 1.75. The Bertz CT molecular complexity index is 590. The van der Waals surface area contributed by atoms with E-state index in [0.29, 0.717) is 11.3 Å². The number of amides is 2. The van der Waals surface area contributed by atoms with Crippen molar-refractivity contribution in [3.63, 3.8) is 0 Å². The molecule has 2 aliphatic rings. The second-order valence-corrected chi connectivity index (χ2v) is 5.03.